The van der Waals surface area contributed by atoms with Gasteiger partial charge in [0.2, 0.25) is 10.0 Å². The number of amides is 1. The van der Waals surface area contributed by atoms with Crippen molar-refractivity contribution in [3.8, 4) is 0 Å². The predicted molar refractivity (Wildman–Crippen MR) is 83.8 cm³/mol. The number of piperidine rings is 1. The fraction of sp³-hybridized carbons (Fsp3) is 0.533. The summed E-state index contributed by atoms with van der Waals surface area (Å²) >= 11 is 0. The molecule has 1 N–H and O–H groups in total. The van der Waals surface area contributed by atoms with Crippen LogP contribution in [0.25, 0.3) is 0 Å². The van der Waals surface area contributed by atoms with Crippen LogP contribution in [0.1, 0.15) is 24.5 Å². The van der Waals surface area contributed by atoms with Gasteiger partial charge in [0.1, 0.15) is 0 Å². The summed E-state index contributed by atoms with van der Waals surface area (Å²) in [6.45, 7) is 1.05. The first-order chi connectivity index (χ1) is 10.4. The van der Waals surface area contributed by atoms with Crippen molar-refractivity contribution in [1.82, 2.24) is 9.62 Å². The number of nitrogens with zero attached hydrogens (tertiary/aromatic N) is 1. The van der Waals surface area contributed by atoms with Crippen molar-refractivity contribution in [2.24, 2.45) is 0 Å². The predicted octanol–water partition coefficient (Wildman–Crippen LogP) is 0.914. The standard InChI is InChI=1S/C15H22N2O4S/c1-21-14(12-6-4-3-5-7-12)15(18)17-10-8-13(9-11-17)16-22(2,19)20/h3-7,13-14,16H,8-11H2,1-2H3. The summed E-state index contributed by atoms with van der Waals surface area (Å²) in [4.78, 5) is 14.3. The van der Waals surface area contributed by atoms with Crippen LogP contribution in [0.4, 0.5) is 0 Å². The Morgan fingerprint density at radius 3 is 2.36 bits per heavy atom. The molecular weight excluding hydrogens is 304 g/mol. The molecule has 1 aromatic rings. The lowest BCUT2D eigenvalue weighted by molar-refractivity contribution is -0.143. The highest BCUT2D eigenvalue weighted by Gasteiger charge is 2.29. The largest absolute Gasteiger partial charge is 0.367 e. The molecule has 1 fully saturated rings. The maximum absolute atomic E-state index is 12.6. The maximum Gasteiger partial charge on any atom is 0.256 e. The number of carbonyl (C=O) groups excluding carboxylic acids is 1. The van der Waals surface area contributed by atoms with Crippen molar-refractivity contribution >= 4 is 15.9 Å². The van der Waals surface area contributed by atoms with Gasteiger partial charge < -0.3 is 9.64 Å². The Hall–Kier alpha value is -1.44. The molecule has 1 aromatic carbocycles. The number of likely N-dealkylation sites (tertiary alicyclic amines) is 1. The summed E-state index contributed by atoms with van der Waals surface area (Å²) in [6, 6.07) is 9.27. The first kappa shape index (κ1) is 16.9. The Bertz CT molecular complexity index is 595. The van der Waals surface area contributed by atoms with E-state index in [1.54, 1.807) is 4.90 Å². The number of rotatable bonds is 5. The second kappa shape index (κ2) is 7.21. The smallest absolute Gasteiger partial charge is 0.256 e. The van der Waals surface area contributed by atoms with Crippen molar-refractivity contribution in [3.05, 3.63) is 35.9 Å². The molecule has 0 spiro atoms. The van der Waals surface area contributed by atoms with Crippen LogP contribution in [-0.4, -0.2) is 51.7 Å². The third kappa shape index (κ3) is 4.53. The Morgan fingerprint density at radius 2 is 1.86 bits per heavy atom. The molecule has 1 unspecified atom stereocenters. The van der Waals surface area contributed by atoms with E-state index in [-0.39, 0.29) is 11.9 Å². The van der Waals surface area contributed by atoms with E-state index in [0.717, 1.165) is 11.8 Å². The van der Waals surface area contributed by atoms with Crippen LogP contribution in [0.5, 0.6) is 0 Å². The first-order valence-electron chi connectivity index (χ1n) is 7.24. The monoisotopic (exact) mass is 326 g/mol. The molecule has 0 aromatic heterocycles. The zero-order valence-electron chi connectivity index (χ0n) is 12.9. The van der Waals surface area contributed by atoms with E-state index in [4.69, 9.17) is 4.74 Å². The van der Waals surface area contributed by atoms with E-state index >= 15 is 0 Å². The summed E-state index contributed by atoms with van der Waals surface area (Å²) in [7, 11) is -1.68. The number of nitrogens with one attached hydrogen (secondary N) is 1. The van der Waals surface area contributed by atoms with E-state index in [2.05, 4.69) is 4.72 Å². The van der Waals surface area contributed by atoms with Crippen LogP contribution in [0.2, 0.25) is 0 Å². The minimum atomic E-state index is -3.20. The molecule has 1 aliphatic rings. The number of benzene rings is 1. The number of ether oxygens (including phenoxy) is 1. The minimum absolute atomic E-state index is 0.0773. The Morgan fingerprint density at radius 1 is 1.27 bits per heavy atom. The third-order valence-corrected chi connectivity index (χ3v) is 4.51. The normalized spacial score (nSPS) is 18.2. The van der Waals surface area contributed by atoms with Gasteiger partial charge in [0.15, 0.2) is 6.10 Å². The molecule has 1 aliphatic heterocycles. The molecule has 0 aliphatic carbocycles. The zero-order valence-corrected chi connectivity index (χ0v) is 13.7. The lowest BCUT2D eigenvalue weighted by Gasteiger charge is -2.34. The number of methoxy groups -OCH3 is 1. The van der Waals surface area contributed by atoms with E-state index in [0.29, 0.717) is 25.9 Å². The number of hydrogen-bond donors (Lipinski definition) is 1. The summed E-state index contributed by atoms with van der Waals surface area (Å²) in [5.74, 6) is -0.0773. The Kier molecular flexibility index (Phi) is 5.55. The number of sulfonamides is 1. The maximum atomic E-state index is 12.6. The molecular formula is C15H22N2O4S. The van der Waals surface area contributed by atoms with Gasteiger partial charge in [0.25, 0.3) is 5.91 Å². The first-order valence-corrected chi connectivity index (χ1v) is 9.13. The molecule has 6 nitrogen and oxygen atoms in total. The van der Waals surface area contributed by atoms with Crippen LogP contribution < -0.4 is 4.72 Å². The van der Waals surface area contributed by atoms with Gasteiger partial charge in [-0.05, 0) is 18.4 Å². The van der Waals surface area contributed by atoms with Gasteiger partial charge in [-0.2, -0.15) is 0 Å². The highest BCUT2D eigenvalue weighted by molar-refractivity contribution is 7.88. The number of hydrogen-bond acceptors (Lipinski definition) is 4. The van der Waals surface area contributed by atoms with Crippen molar-refractivity contribution in [1.29, 1.82) is 0 Å². The number of carbonyl (C=O) groups is 1. The lowest BCUT2D eigenvalue weighted by atomic mass is 10.0. The van der Waals surface area contributed by atoms with Gasteiger partial charge in [0.05, 0.1) is 6.26 Å². The molecule has 2 rings (SSSR count). The molecule has 1 atom stereocenters. The third-order valence-electron chi connectivity index (χ3n) is 3.75. The molecule has 1 amide bonds. The van der Waals surface area contributed by atoms with Crippen LogP contribution >= 0.6 is 0 Å². The van der Waals surface area contributed by atoms with Gasteiger partial charge in [-0.15, -0.1) is 0 Å². The molecule has 122 valence electrons. The molecule has 1 heterocycles. The van der Waals surface area contributed by atoms with Crippen LogP contribution in [0, 0.1) is 0 Å². The molecule has 1 saturated heterocycles. The van der Waals surface area contributed by atoms with E-state index < -0.39 is 16.1 Å². The molecule has 0 saturated carbocycles. The molecule has 7 heteroatoms. The fourth-order valence-corrected chi connectivity index (χ4v) is 3.53. The zero-order chi connectivity index (χ0) is 16.2. The van der Waals surface area contributed by atoms with Crippen LogP contribution in [0.15, 0.2) is 30.3 Å². The lowest BCUT2D eigenvalue weighted by Crippen LogP contribution is -2.47. The van der Waals surface area contributed by atoms with E-state index in [1.165, 1.54) is 7.11 Å². The van der Waals surface area contributed by atoms with Crippen molar-refractivity contribution in [3.63, 3.8) is 0 Å². The van der Waals surface area contributed by atoms with Gasteiger partial charge in [0, 0.05) is 26.2 Å². The second-order valence-electron chi connectivity index (χ2n) is 5.52. The second-order valence-corrected chi connectivity index (χ2v) is 7.30. The summed E-state index contributed by atoms with van der Waals surface area (Å²) < 4.78 is 30.4. The fourth-order valence-electron chi connectivity index (χ4n) is 2.69. The summed E-state index contributed by atoms with van der Waals surface area (Å²) in [5, 5.41) is 0. The van der Waals surface area contributed by atoms with Gasteiger partial charge in [-0.1, -0.05) is 30.3 Å². The van der Waals surface area contributed by atoms with Crippen LogP contribution in [0.3, 0.4) is 0 Å². The Balaban J connectivity index is 1.97. The van der Waals surface area contributed by atoms with Crippen molar-refractivity contribution in [2.75, 3.05) is 26.5 Å². The van der Waals surface area contributed by atoms with Crippen LogP contribution in [-0.2, 0) is 19.6 Å². The highest BCUT2D eigenvalue weighted by Crippen LogP contribution is 2.22. The molecule has 0 radical (unpaired) electrons. The van der Waals surface area contributed by atoms with E-state index in [9.17, 15) is 13.2 Å². The quantitative estimate of drug-likeness (QED) is 0.873. The van der Waals surface area contributed by atoms with Crippen molar-refractivity contribution in [2.45, 2.75) is 25.0 Å². The van der Waals surface area contributed by atoms with Gasteiger partial charge in [-0.25, -0.2) is 13.1 Å². The molecule has 22 heavy (non-hydrogen) atoms. The average Bonchev–Trinajstić information content (AvgIpc) is 2.48. The van der Waals surface area contributed by atoms with E-state index in [1.807, 2.05) is 30.3 Å². The minimum Gasteiger partial charge on any atom is -0.367 e. The van der Waals surface area contributed by atoms with Gasteiger partial charge in [-0.3, -0.25) is 4.79 Å². The van der Waals surface area contributed by atoms with Gasteiger partial charge >= 0.3 is 0 Å². The Labute approximate surface area is 131 Å². The summed E-state index contributed by atoms with van der Waals surface area (Å²) in [5.41, 5.74) is 0.825. The summed E-state index contributed by atoms with van der Waals surface area (Å²) in [6.07, 6.45) is 1.77. The van der Waals surface area contributed by atoms with Crippen molar-refractivity contribution < 1.29 is 17.9 Å². The topological polar surface area (TPSA) is 75.7 Å². The highest BCUT2D eigenvalue weighted by atomic mass is 32.2. The average molecular weight is 326 g/mol. The molecule has 0 bridgehead atoms. The SMILES string of the molecule is COC(C(=O)N1CCC(NS(C)(=O)=O)CC1)c1ccccc1.